The summed E-state index contributed by atoms with van der Waals surface area (Å²) in [4.78, 5) is 0.114. The number of primary sulfonamides is 1. The van der Waals surface area contributed by atoms with Crippen LogP contribution in [-0.2, 0) is 23.0 Å². The maximum Gasteiger partial charge on any atom is 0.238 e. The number of furan rings is 1. The van der Waals surface area contributed by atoms with E-state index in [-0.39, 0.29) is 17.3 Å². The minimum absolute atomic E-state index is 0. The van der Waals surface area contributed by atoms with Crippen LogP contribution in [0.15, 0.2) is 63.9 Å². The fourth-order valence-corrected chi connectivity index (χ4v) is 3.66. The minimum Gasteiger partial charge on any atom is -1.00 e. The molecule has 0 radical (unpaired) electrons. The highest BCUT2D eigenvalue weighted by molar-refractivity contribution is 7.89. The third kappa shape index (κ3) is 6.24. The maximum absolute atomic E-state index is 11.2. The Morgan fingerprint density at radius 3 is 2.21 bits per heavy atom. The van der Waals surface area contributed by atoms with E-state index in [1.54, 1.807) is 30.3 Å². The zero-order valence-corrected chi connectivity index (χ0v) is 17.7. The molecule has 3 aromatic rings. The van der Waals surface area contributed by atoms with Gasteiger partial charge in [-0.1, -0.05) is 35.3 Å². The van der Waals surface area contributed by atoms with Gasteiger partial charge in [0.05, 0.1) is 11.4 Å². The average Bonchev–Trinajstić information content (AvgIpc) is 3.06. The molecule has 0 saturated heterocycles. The Kier molecular flexibility index (Phi) is 7.95. The van der Waals surface area contributed by atoms with Gasteiger partial charge >= 0.3 is 0 Å². The first-order valence-electron chi connectivity index (χ1n) is 8.19. The summed E-state index contributed by atoms with van der Waals surface area (Å²) >= 11 is 12.0. The van der Waals surface area contributed by atoms with Crippen LogP contribution in [0.25, 0.3) is 11.3 Å². The van der Waals surface area contributed by atoms with Crippen LogP contribution in [0.4, 0.5) is 0 Å². The predicted octanol–water partition coefficient (Wildman–Crippen LogP) is 1.24. The summed E-state index contributed by atoms with van der Waals surface area (Å²) in [5.74, 6) is 1.50. The van der Waals surface area contributed by atoms with E-state index in [4.69, 9.17) is 32.8 Å². The summed E-state index contributed by atoms with van der Waals surface area (Å²) in [6.45, 7) is 1.29. The van der Waals surface area contributed by atoms with Crippen molar-refractivity contribution in [2.75, 3.05) is 6.54 Å². The summed E-state index contributed by atoms with van der Waals surface area (Å²) in [6, 6.07) is 15.6. The van der Waals surface area contributed by atoms with Crippen LogP contribution in [0.2, 0.25) is 10.0 Å². The van der Waals surface area contributed by atoms with Crippen molar-refractivity contribution in [3.63, 3.8) is 0 Å². The molecule has 3 rings (SSSR count). The maximum atomic E-state index is 11.2. The summed E-state index contributed by atoms with van der Waals surface area (Å²) in [7, 11) is -3.65. The van der Waals surface area contributed by atoms with E-state index in [9.17, 15) is 8.42 Å². The van der Waals surface area contributed by atoms with Gasteiger partial charge in [-0.05, 0) is 61.0 Å². The first kappa shape index (κ1) is 22.7. The molecular formula is C19H18Cl3N2O3S-. The van der Waals surface area contributed by atoms with Gasteiger partial charge in [0, 0.05) is 15.6 Å². The fraction of sp³-hybridized carbons (Fsp3) is 0.158. The van der Waals surface area contributed by atoms with Crippen molar-refractivity contribution >= 4 is 33.2 Å². The third-order valence-corrected chi connectivity index (χ3v) is 5.32. The lowest BCUT2D eigenvalue weighted by molar-refractivity contribution is -0.00000845. The van der Waals surface area contributed by atoms with Gasteiger partial charge < -0.3 is 22.1 Å². The van der Waals surface area contributed by atoms with Gasteiger partial charge in [0.1, 0.15) is 11.5 Å². The average molecular weight is 461 g/mol. The molecule has 0 spiro atoms. The number of hydrogen-bond donors (Lipinski definition) is 2. The molecule has 3 N–H and O–H groups in total. The van der Waals surface area contributed by atoms with E-state index in [2.05, 4.69) is 5.32 Å². The van der Waals surface area contributed by atoms with Crippen LogP contribution in [0.3, 0.4) is 0 Å². The normalized spacial score (nSPS) is 11.2. The molecule has 0 saturated carbocycles. The van der Waals surface area contributed by atoms with Crippen molar-refractivity contribution in [3.8, 4) is 11.3 Å². The Morgan fingerprint density at radius 2 is 1.61 bits per heavy atom. The molecule has 0 bridgehead atoms. The van der Waals surface area contributed by atoms with Crippen LogP contribution in [0.1, 0.15) is 11.3 Å². The van der Waals surface area contributed by atoms with Gasteiger partial charge in [-0.15, -0.1) is 0 Å². The standard InChI is InChI=1S/C19H18Cl2N2O3S.ClH/c20-15-9-14(10-16(21)11-15)19-6-3-17(26-19)12-23-8-7-13-1-4-18(5-2-13)27(22,24)25;/h1-6,9-11,23H,7-8,12H2,(H2,22,24,25);1H/p-1. The molecule has 1 heterocycles. The third-order valence-electron chi connectivity index (χ3n) is 3.95. The van der Waals surface area contributed by atoms with Crippen molar-refractivity contribution in [3.05, 3.63) is 76.0 Å². The zero-order valence-electron chi connectivity index (χ0n) is 14.7. The molecule has 0 aliphatic carbocycles. The number of halogens is 3. The van der Waals surface area contributed by atoms with Crippen molar-refractivity contribution in [1.29, 1.82) is 0 Å². The smallest absolute Gasteiger partial charge is 0.238 e. The molecular weight excluding hydrogens is 443 g/mol. The molecule has 0 atom stereocenters. The molecule has 0 aliphatic rings. The van der Waals surface area contributed by atoms with Crippen LogP contribution >= 0.6 is 23.2 Å². The summed E-state index contributed by atoms with van der Waals surface area (Å²) in [5.41, 5.74) is 1.84. The van der Waals surface area contributed by atoms with E-state index in [0.717, 1.165) is 23.3 Å². The second-order valence-corrected chi connectivity index (χ2v) is 8.47. The highest BCUT2D eigenvalue weighted by atomic mass is 35.5. The molecule has 0 aliphatic heterocycles. The van der Waals surface area contributed by atoms with Crippen LogP contribution in [-0.4, -0.2) is 15.0 Å². The van der Waals surface area contributed by atoms with E-state index in [1.165, 1.54) is 12.1 Å². The van der Waals surface area contributed by atoms with Crippen molar-refractivity contribution in [1.82, 2.24) is 5.32 Å². The Balaban J connectivity index is 0.00000280. The topological polar surface area (TPSA) is 85.3 Å². The minimum atomic E-state index is -3.65. The zero-order chi connectivity index (χ0) is 19.4. The Bertz CT molecular complexity index is 1010. The van der Waals surface area contributed by atoms with Crippen LogP contribution in [0, 0.1) is 0 Å². The fourth-order valence-electron chi connectivity index (χ4n) is 2.61. The van der Waals surface area contributed by atoms with E-state index < -0.39 is 10.0 Å². The molecule has 0 amide bonds. The molecule has 0 fully saturated rings. The van der Waals surface area contributed by atoms with E-state index in [1.807, 2.05) is 12.1 Å². The van der Waals surface area contributed by atoms with Gasteiger partial charge in [0.2, 0.25) is 10.0 Å². The molecule has 28 heavy (non-hydrogen) atoms. The number of nitrogens with one attached hydrogen (secondary N) is 1. The lowest BCUT2D eigenvalue weighted by Gasteiger charge is -2.05. The lowest BCUT2D eigenvalue weighted by atomic mass is 10.1. The molecule has 5 nitrogen and oxygen atoms in total. The summed E-state index contributed by atoms with van der Waals surface area (Å²) in [5, 5.41) is 9.50. The van der Waals surface area contributed by atoms with Gasteiger partial charge in [0.15, 0.2) is 0 Å². The highest BCUT2D eigenvalue weighted by Crippen LogP contribution is 2.28. The molecule has 1 aromatic heterocycles. The quantitative estimate of drug-likeness (QED) is 0.520. The number of sulfonamides is 1. The van der Waals surface area contributed by atoms with Gasteiger partial charge in [0.25, 0.3) is 0 Å². The second kappa shape index (κ2) is 9.78. The monoisotopic (exact) mass is 459 g/mol. The predicted molar refractivity (Wildman–Crippen MR) is 107 cm³/mol. The number of rotatable bonds is 7. The van der Waals surface area contributed by atoms with E-state index in [0.29, 0.717) is 28.9 Å². The summed E-state index contributed by atoms with van der Waals surface area (Å²) < 4.78 is 28.3. The van der Waals surface area contributed by atoms with Crippen molar-refractivity contribution in [2.24, 2.45) is 5.14 Å². The molecule has 0 unspecified atom stereocenters. The number of benzene rings is 2. The Labute approximate surface area is 180 Å². The molecule has 9 heteroatoms. The van der Waals surface area contributed by atoms with Crippen LogP contribution in [0.5, 0.6) is 0 Å². The largest absolute Gasteiger partial charge is 1.00 e. The van der Waals surface area contributed by atoms with Gasteiger partial charge in [-0.25, -0.2) is 13.6 Å². The first-order valence-corrected chi connectivity index (χ1v) is 10.5. The van der Waals surface area contributed by atoms with Gasteiger partial charge in [-0.2, -0.15) is 0 Å². The first-order chi connectivity index (χ1) is 12.8. The number of nitrogens with two attached hydrogens (primary N) is 1. The lowest BCUT2D eigenvalue weighted by Crippen LogP contribution is -3.00. The summed E-state index contributed by atoms with van der Waals surface area (Å²) in [6.07, 6.45) is 0.752. The second-order valence-electron chi connectivity index (χ2n) is 6.04. The highest BCUT2D eigenvalue weighted by Gasteiger charge is 2.08. The van der Waals surface area contributed by atoms with Crippen LogP contribution < -0.4 is 22.9 Å². The Morgan fingerprint density at radius 1 is 0.964 bits per heavy atom. The molecule has 2 aromatic carbocycles. The molecule has 150 valence electrons. The van der Waals surface area contributed by atoms with Gasteiger partial charge in [-0.3, -0.25) is 0 Å². The van der Waals surface area contributed by atoms with Crippen molar-refractivity contribution < 1.29 is 25.2 Å². The number of hydrogen-bond acceptors (Lipinski definition) is 4. The SMILES string of the molecule is NS(=O)(=O)c1ccc(CCNCc2ccc(-c3cc(Cl)cc(Cl)c3)o2)cc1.[Cl-]. The Hall–Kier alpha value is -1.54. The van der Waals surface area contributed by atoms with E-state index >= 15 is 0 Å². The van der Waals surface area contributed by atoms with Crippen molar-refractivity contribution in [2.45, 2.75) is 17.9 Å².